The number of aromatic nitrogens is 6. The first-order chi connectivity index (χ1) is 12.5. The molecule has 0 aliphatic heterocycles. The van der Waals surface area contributed by atoms with E-state index in [9.17, 15) is 4.79 Å². The fraction of sp³-hybridized carbons (Fsp3) is 0.333. The monoisotopic (exact) mass is 377 g/mol. The number of carbonyl (C=O) groups excluding carboxylic acids is 1. The molecule has 0 bridgehead atoms. The second-order valence-electron chi connectivity index (χ2n) is 5.29. The Morgan fingerprint density at radius 1 is 1.31 bits per heavy atom. The highest BCUT2D eigenvalue weighted by molar-refractivity contribution is 6.28. The SMILES string of the molecule is COCCOc1nc(Cl)nc(-n2nc(C)c3cnc(NC(C)=O)cc32)n1. The van der Waals surface area contributed by atoms with Crippen molar-refractivity contribution < 1.29 is 14.3 Å². The number of methoxy groups -OCH3 is 1. The third kappa shape index (κ3) is 3.86. The lowest BCUT2D eigenvalue weighted by Gasteiger charge is -2.07. The number of rotatable bonds is 6. The smallest absolute Gasteiger partial charge is 0.322 e. The summed E-state index contributed by atoms with van der Waals surface area (Å²) >= 11 is 5.99. The highest BCUT2D eigenvalue weighted by Crippen LogP contribution is 2.23. The Morgan fingerprint density at radius 2 is 2.12 bits per heavy atom. The van der Waals surface area contributed by atoms with Crippen LogP contribution in [0.3, 0.4) is 0 Å². The number of carbonyl (C=O) groups is 1. The standard InChI is InChI=1S/C15H16ClN7O3/c1-8-10-7-17-12(18-9(2)24)6-11(10)23(22-8)14-19-13(16)20-15(21-14)26-5-4-25-3/h6-7H,4-5H2,1-3H3,(H,17,18,24). The molecule has 0 fully saturated rings. The van der Waals surface area contributed by atoms with Gasteiger partial charge in [0.2, 0.25) is 11.2 Å². The van der Waals surface area contributed by atoms with Crippen molar-refractivity contribution in [1.82, 2.24) is 29.7 Å². The molecule has 26 heavy (non-hydrogen) atoms. The Hall–Kier alpha value is -2.85. The van der Waals surface area contributed by atoms with Crippen LogP contribution in [-0.4, -0.2) is 55.9 Å². The van der Waals surface area contributed by atoms with Crippen LogP contribution < -0.4 is 10.1 Å². The maximum Gasteiger partial charge on any atom is 0.322 e. The van der Waals surface area contributed by atoms with Gasteiger partial charge in [-0.05, 0) is 18.5 Å². The zero-order valence-electron chi connectivity index (χ0n) is 14.4. The van der Waals surface area contributed by atoms with Crippen molar-refractivity contribution in [3.8, 4) is 12.0 Å². The molecule has 0 spiro atoms. The Bertz CT molecular complexity index is 960. The van der Waals surface area contributed by atoms with E-state index in [4.69, 9.17) is 21.1 Å². The van der Waals surface area contributed by atoms with Crippen molar-refractivity contribution in [3.63, 3.8) is 0 Å². The maximum atomic E-state index is 11.3. The molecule has 1 amide bonds. The normalized spacial score (nSPS) is 10.9. The highest BCUT2D eigenvalue weighted by atomic mass is 35.5. The second-order valence-corrected chi connectivity index (χ2v) is 5.63. The fourth-order valence-corrected chi connectivity index (χ4v) is 2.40. The van der Waals surface area contributed by atoms with Crippen LogP contribution in [-0.2, 0) is 9.53 Å². The largest absolute Gasteiger partial charge is 0.461 e. The van der Waals surface area contributed by atoms with Crippen molar-refractivity contribution in [2.75, 3.05) is 25.6 Å². The lowest BCUT2D eigenvalue weighted by molar-refractivity contribution is -0.114. The number of amides is 1. The van der Waals surface area contributed by atoms with Crippen molar-refractivity contribution in [2.45, 2.75) is 13.8 Å². The van der Waals surface area contributed by atoms with E-state index in [1.165, 1.54) is 11.6 Å². The average molecular weight is 378 g/mol. The number of aryl methyl sites for hydroxylation is 1. The van der Waals surface area contributed by atoms with Crippen LogP contribution in [0, 0.1) is 6.92 Å². The summed E-state index contributed by atoms with van der Waals surface area (Å²) in [7, 11) is 1.56. The lowest BCUT2D eigenvalue weighted by Crippen LogP contribution is -2.11. The van der Waals surface area contributed by atoms with Crippen LogP contribution in [0.4, 0.5) is 5.82 Å². The van der Waals surface area contributed by atoms with Gasteiger partial charge in [-0.25, -0.2) is 4.98 Å². The van der Waals surface area contributed by atoms with Crippen LogP contribution in [0.15, 0.2) is 12.3 Å². The number of hydrogen-bond donors (Lipinski definition) is 1. The number of anilines is 1. The van der Waals surface area contributed by atoms with E-state index in [1.807, 2.05) is 6.92 Å². The molecular formula is C15H16ClN7O3. The molecule has 0 aromatic carbocycles. The van der Waals surface area contributed by atoms with Crippen molar-refractivity contribution in [1.29, 1.82) is 0 Å². The van der Waals surface area contributed by atoms with Gasteiger partial charge >= 0.3 is 6.01 Å². The Morgan fingerprint density at radius 3 is 2.85 bits per heavy atom. The molecule has 0 aliphatic rings. The molecule has 3 rings (SSSR count). The summed E-state index contributed by atoms with van der Waals surface area (Å²) in [4.78, 5) is 27.7. The molecule has 0 unspecified atom stereocenters. The number of nitrogens with zero attached hydrogens (tertiary/aromatic N) is 6. The highest BCUT2D eigenvalue weighted by Gasteiger charge is 2.15. The van der Waals surface area contributed by atoms with Gasteiger partial charge in [-0.3, -0.25) is 4.79 Å². The third-order valence-electron chi connectivity index (χ3n) is 3.34. The van der Waals surface area contributed by atoms with Gasteiger partial charge in [0.25, 0.3) is 5.95 Å². The number of fused-ring (bicyclic) bond motifs is 1. The molecule has 0 aliphatic carbocycles. The zero-order valence-corrected chi connectivity index (χ0v) is 15.1. The fourth-order valence-electron chi connectivity index (χ4n) is 2.26. The van der Waals surface area contributed by atoms with Crippen LogP contribution in [0.2, 0.25) is 5.28 Å². The summed E-state index contributed by atoms with van der Waals surface area (Å²) in [6, 6.07) is 1.74. The van der Waals surface area contributed by atoms with E-state index in [0.29, 0.717) is 17.9 Å². The Balaban J connectivity index is 2.05. The van der Waals surface area contributed by atoms with Crippen molar-refractivity contribution >= 4 is 34.2 Å². The number of ether oxygens (including phenoxy) is 2. The van der Waals surface area contributed by atoms with E-state index in [1.54, 1.807) is 19.4 Å². The van der Waals surface area contributed by atoms with Gasteiger partial charge in [0, 0.05) is 31.7 Å². The number of halogens is 1. The van der Waals surface area contributed by atoms with Gasteiger partial charge in [0.15, 0.2) is 0 Å². The van der Waals surface area contributed by atoms with Crippen LogP contribution in [0.25, 0.3) is 16.9 Å². The van der Waals surface area contributed by atoms with Crippen LogP contribution >= 0.6 is 11.6 Å². The molecule has 1 N–H and O–H groups in total. The second kappa shape index (κ2) is 7.58. The van der Waals surface area contributed by atoms with E-state index >= 15 is 0 Å². The molecule has 0 radical (unpaired) electrons. The molecular weight excluding hydrogens is 362 g/mol. The van der Waals surface area contributed by atoms with Crippen LogP contribution in [0.5, 0.6) is 6.01 Å². The molecule has 11 heteroatoms. The minimum Gasteiger partial charge on any atom is -0.461 e. The molecule has 3 aromatic heterocycles. The number of hydrogen-bond acceptors (Lipinski definition) is 8. The number of nitrogens with one attached hydrogen (secondary N) is 1. The molecule has 3 heterocycles. The van der Waals surface area contributed by atoms with Gasteiger partial charge in [-0.2, -0.15) is 24.7 Å². The van der Waals surface area contributed by atoms with Crippen molar-refractivity contribution in [3.05, 3.63) is 23.2 Å². The summed E-state index contributed by atoms with van der Waals surface area (Å²) in [5.74, 6) is 0.357. The van der Waals surface area contributed by atoms with E-state index in [2.05, 4.69) is 30.4 Å². The van der Waals surface area contributed by atoms with E-state index in [-0.39, 0.29) is 29.8 Å². The van der Waals surface area contributed by atoms with Crippen LogP contribution in [0.1, 0.15) is 12.6 Å². The van der Waals surface area contributed by atoms with Gasteiger partial charge in [0.05, 0.1) is 17.8 Å². The topological polar surface area (TPSA) is 117 Å². The average Bonchev–Trinajstić information content (AvgIpc) is 2.90. The van der Waals surface area contributed by atoms with E-state index in [0.717, 1.165) is 11.1 Å². The first kappa shape index (κ1) is 18.0. The van der Waals surface area contributed by atoms with Crippen molar-refractivity contribution in [2.24, 2.45) is 0 Å². The quantitative estimate of drug-likeness (QED) is 0.643. The lowest BCUT2D eigenvalue weighted by atomic mass is 10.2. The molecule has 3 aromatic rings. The Kier molecular flexibility index (Phi) is 5.24. The summed E-state index contributed by atoms with van der Waals surface area (Å²) < 4.78 is 11.8. The van der Waals surface area contributed by atoms with Gasteiger partial charge in [0.1, 0.15) is 12.4 Å². The molecule has 136 valence electrons. The van der Waals surface area contributed by atoms with Gasteiger partial charge in [-0.1, -0.05) is 0 Å². The third-order valence-corrected chi connectivity index (χ3v) is 3.51. The molecule has 0 saturated carbocycles. The predicted octanol–water partition coefficient (Wildman–Crippen LogP) is 1.55. The summed E-state index contributed by atoms with van der Waals surface area (Å²) in [6.07, 6.45) is 1.62. The predicted molar refractivity (Wildman–Crippen MR) is 93.7 cm³/mol. The molecule has 0 atom stereocenters. The van der Waals surface area contributed by atoms with Gasteiger partial charge < -0.3 is 14.8 Å². The minimum absolute atomic E-state index is 0.0279. The summed E-state index contributed by atoms with van der Waals surface area (Å²) in [5, 5.41) is 7.83. The maximum absolute atomic E-state index is 11.3. The van der Waals surface area contributed by atoms with Gasteiger partial charge in [-0.15, -0.1) is 0 Å². The molecule has 10 nitrogen and oxygen atoms in total. The summed E-state index contributed by atoms with van der Waals surface area (Å²) in [5.41, 5.74) is 1.38. The summed E-state index contributed by atoms with van der Waals surface area (Å²) in [6.45, 7) is 3.89. The minimum atomic E-state index is -0.225. The first-order valence-electron chi connectivity index (χ1n) is 7.64. The Labute approximate surface area is 153 Å². The zero-order chi connectivity index (χ0) is 18.7. The first-order valence-corrected chi connectivity index (χ1v) is 8.02. The molecule has 0 saturated heterocycles. The number of pyridine rings is 1. The van der Waals surface area contributed by atoms with E-state index < -0.39 is 0 Å².